The molecule has 0 unspecified atom stereocenters. The van der Waals surface area contributed by atoms with E-state index in [4.69, 9.17) is 11.6 Å². The van der Waals surface area contributed by atoms with E-state index >= 15 is 0 Å². The third-order valence-corrected chi connectivity index (χ3v) is 3.73. The van der Waals surface area contributed by atoms with Crippen molar-refractivity contribution < 1.29 is 0 Å². The first-order valence-corrected chi connectivity index (χ1v) is 7.93. The molecule has 0 aliphatic heterocycles. The van der Waals surface area contributed by atoms with E-state index in [-0.39, 0.29) is 5.41 Å². The molecule has 1 aromatic carbocycles. The van der Waals surface area contributed by atoms with Gasteiger partial charge in [-0.3, -0.25) is 0 Å². The van der Waals surface area contributed by atoms with Crippen LogP contribution < -0.4 is 4.90 Å². The number of hydrogen-bond donors (Lipinski definition) is 0. The van der Waals surface area contributed by atoms with Gasteiger partial charge in [0.2, 0.25) is 0 Å². The fraction of sp³-hybridized carbons (Fsp3) is 0.375. The zero-order valence-corrected chi connectivity index (χ0v) is 15.0. The quantitative estimate of drug-likeness (QED) is 0.727. The number of aromatic nitrogens is 2. The summed E-state index contributed by atoms with van der Waals surface area (Å²) in [4.78, 5) is 11.2. The number of benzene rings is 1. The van der Waals surface area contributed by atoms with Crippen LogP contribution in [0, 0.1) is 0 Å². The van der Waals surface area contributed by atoms with Crippen molar-refractivity contribution in [1.82, 2.24) is 9.97 Å². The SMILES string of the molecule is CN(Cc1ccc(Cl)cc1)c1cc(Br)nc(C(C)(C)C)n1. The maximum atomic E-state index is 5.92. The highest BCUT2D eigenvalue weighted by Crippen LogP contribution is 2.24. The van der Waals surface area contributed by atoms with Crippen LogP contribution in [0.1, 0.15) is 32.2 Å². The molecule has 0 aliphatic carbocycles. The van der Waals surface area contributed by atoms with Crippen LogP contribution in [0.5, 0.6) is 0 Å². The average molecular weight is 369 g/mol. The number of halogens is 2. The van der Waals surface area contributed by atoms with Crippen molar-refractivity contribution in [3.05, 3.63) is 51.3 Å². The normalized spacial score (nSPS) is 11.5. The topological polar surface area (TPSA) is 29.0 Å². The van der Waals surface area contributed by atoms with Crippen molar-refractivity contribution in [2.24, 2.45) is 0 Å². The Bertz CT molecular complexity index is 620. The molecule has 0 spiro atoms. The van der Waals surface area contributed by atoms with E-state index in [9.17, 15) is 0 Å². The number of rotatable bonds is 3. The summed E-state index contributed by atoms with van der Waals surface area (Å²) in [5.74, 6) is 1.73. The molecule has 112 valence electrons. The fourth-order valence-corrected chi connectivity index (χ4v) is 2.38. The lowest BCUT2D eigenvalue weighted by molar-refractivity contribution is 0.542. The van der Waals surface area contributed by atoms with E-state index in [0.29, 0.717) is 0 Å². The maximum absolute atomic E-state index is 5.92. The Balaban J connectivity index is 2.24. The Morgan fingerprint density at radius 2 is 1.76 bits per heavy atom. The van der Waals surface area contributed by atoms with Gasteiger partial charge in [-0.25, -0.2) is 9.97 Å². The molecule has 21 heavy (non-hydrogen) atoms. The maximum Gasteiger partial charge on any atom is 0.137 e. The zero-order chi connectivity index (χ0) is 15.6. The molecule has 2 aromatic rings. The van der Waals surface area contributed by atoms with Gasteiger partial charge in [0.25, 0.3) is 0 Å². The lowest BCUT2D eigenvalue weighted by Gasteiger charge is -2.22. The standard InChI is InChI=1S/C16H19BrClN3/c1-16(2,3)15-19-13(17)9-14(20-15)21(4)10-11-5-7-12(18)8-6-11/h5-9H,10H2,1-4H3. The molecule has 0 N–H and O–H groups in total. The van der Waals surface area contributed by atoms with Gasteiger partial charge in [0.1, 0.15) is 16.2 Å². The first kappa shape index (κ1) is 16.2. The molecular formula is C16H19BrClN3. The van der Waals surface area contributed by atoms with E-state index in [0.717, 1.165) is 27.8 Å². The van der Waals surface area contributed by atoms with Gasteiger partial charge in [-0.05, 0) is 33.6 Å². The second-order valence-electron chi connectivity index (χ2n) is 6.11. The van der Waals surface area contributed by atoms with Crippen LogP contribution in [0.3, 0.4) is 0 Å². The highest BCUT2D eigenvalue weighted by molar-refractivity contribution is 9.10. The minimum absolute atomic E-state index is 0.0837. The summed E-state index contributed by atoms with van der Waals surface area (Å²) in [7, 11) is 2.02. The van der Waals surface area contributed by atoms with Gasteiger partial charge in [0.15, 0.2) is 0 Å². The Kier molecular flexibility index (Phi) is 4.89. The highest BCUT2D eigenvalue weighted by atomic mass is 79.9. The van der Waals surface area contributed by atoms with Gasteiger partial charge in [0.05, 0.1) is 0 Å². The summed E-state index contributed by atoms with van der Waals surface area (Å²) in [5, 5.41) is 0.751. The Morgan fingerprint density at radius 3 is 2.33 bits per heavy atom. The number of nitrogens with zero attached hydrogens (tertiary/aromatic N) is 3. The van der Waals surface area contributed by atoms with Crippen molar-refractivity contribution in [3.63, 3.8) is 0 Å². The van der Waals surface area contributed by atoms with Crippen molar-refractivity contribution >= 4 is 33.3 Å². The van der Waals surface area contributed by atoms with Crippen LogP contribution in [-0.2, 0) is 12.0 Å². The minimum atomic E-state index is -0.0837. The molecule has 0 fully saturated rings. The molecule has 0 atom stereocenters. The molecule has 0 saturated carbocycles. The monoisotopic (exact) mass is 367 g/mol. The molecule has 0 radical (unpaired) electrons. The van der Waals surface area contributed by atoms with Gasteiger partial charge in [-0.15, -0.1) is 0 Å². The van der Waals surface area contributed by atoms with E-state index in [2.05, 4.69) is 51.6 Å². The molecule has 5 heteroatoms. The molecule has 0 aliphatic rings. The largest absolute Gasteiger partial charge is 0.355 e. The average Bonchev–Trinajstić information content (AvgIpc) is 2.39. The summed E-state index contributed by atoms with van der Waals surface area (Å²) in [6, 6.07) is 9.80. The molecule has 0 bridgehead atoms. The van der Waals surface area contributed by atoms with Gasteiger partial charge in [0, 0.05) is 30.1 Å². The number of anilines is 1. The van der Waals surface area contributed by atoms with Gasteiger partial charge in [-0.2, -0.15) is 0 Å². The number of hydrogen-bond acceptors (Lipinski definition) is 3. The summed E-state index contributed by atoms with van der Waals surface area (Å²) in [6.07, 6.45) is 0. The highest BCUT2D eigenvalue weighted by Gasteiger charge is 2.19. The van der Waals surface area contributed by atoms with E-state index < -0.39 is 0 Å². The Hall–Kier alpha value is -1.13. The van der Waals surface area contributed by atoms with Crippen LogP contribution >= 0.6 is 27.5 Å². The molecular weight excluding hydrogens is 350 g/mol. The minimum Gasteiger partial charge on any atom is -0.355 e. The first-order valence-electron chi connectivity index (χ1n) is 6.76. The van der Waals surface area contributed by atoms with Crippen molar-refractivity contribution in [2.45, 2.75) is 32.7 Å². The summed E-state index contributed by atoms with van der Waals surface area (Å²) in [6.45, 7) is 7.09. The molecule has 1 heterocycles. The summed E-state index contributed by atoms with van der Waals surface area (Å²) in [5.41, 5.74) is 1.11. The van der Waals surface area contributed by atoms with Crippen LogP contribution in [0.15, 0.2) is 34.9 Å². The third kappa shape index (κ3) is 4.42. The predicted octanol–water partition coefficient (Wildman–Crippen LogP) is 4.83. The fourth-order valence-electron chi connectivity index (χ4n) is 1.88. The van der Waals surface area contributed by atoms with Crippen LogP contribution in [0.2, 0.25) is 5.02 Å². The Labute approximate surface area is 139 Å². The second-order valence-corrected chi connectivity index (χ2v) is 7.35. The van der Waals surface area contributed by atoms with Crippen molar-refractivity contribution in [3.8, 4) is 0 Å². The third-order valence-electron chi connectivity index (χ3n) is 3.08. The first-order chi connectivity index (χ1) is 9.75. The molecule has 1 aromatic heterocycles. The second kappa shape index (κ2) is 6.32. The van der Waals surface area contributed by atoms with Crippen LogP contribution in [-0.4, -0.2) is 17.0 Å². The van der Waals surface area contributed by atoms with Gasteiger partial charge in [-0.1, -0.05) is 44.5 Å². The lowest BCUT2D eigenvalue weighted by Crippen LogP contribution is -2.22. The Morgan fingerprint density at radius 1 is 1.14 bits per heavy atom. The van der Waals surface area contributed by atoms with Gasteiger partial charge < -0.3 is 4.90 Å². The zero-order valence-electron chi connectivity index (χ0n) is 12.7. The molecule has 2 rings (SSSR count). The summed E-state index contributed by atoms with van der Waals surface area (Å²) >= 11 is 9.39. The molecule has 0 saturated heterocycles. The smallest absolute Gasteiger partial charge is 0.137 e. The lowest BCUT2D eigenvalue weighted by atomic mass is 9.96. The van der Waals surface area contributed by atoms with Crippen LogP contribution in [0.4, 0.5) is 5.82 Å². The molecule has 3 nitrogen and oxygen atoms in total. The van der Waals surface area contributed by atoms with Crippen LogP contribution in [0.25, 0.3) is 0 Å². The van der Waals surface area contributed by atoms with Gasteiger partial charge >= 0.3 is 0 Å². The van der Waals surface area contributed by atoms with E-state index in [1.54, 1.807) is 0 Å². The van der Waals surface area contributed by atoms with E-state index in [1.807, 2.05) is 37.4 Å². The van der Waals surface area contributed by atoms with Crippen molar-refractivity contribution in [2.75, 3.05) is 11.9 Å². The molecule has 0 amide bonds. The predicted molar refractivity (Wildman–Crippen MR) is 92.0 cm³/mol. The van der Waals surface area contributed by atoms with Crippen molar-refractivity contribution in [1.29, 1.82) is 0 Å². The van der Waals surface area contributed by atoms with E-state index in [1.165, 1.54) is 5.56 Å². The summed E-state index contributed by atoms with van der Waals surface area (Å²) < 4.78 is 0.806.